The minimum Gasteiger partial charge on any atom is -0.329 e. The van der Waals surface area contributed by atoms with Gasteiger partial charge in [-0.1, -0.05) is 36.0 Å². The van der Waals surface area contributed by atoms with Crippen molar-refractivity contribution in [3.8, 4) is 0 Å². The fourth-order valence-corrected chi connectivity index (χ4v) is 4.07. The monoisotopic (exact) mass is 323 g/mol. The molecule has 1 aliphatic rings. The van der Waals surface area contributed by atoms with Crippen molar-refractivity contribution in [2.24, 2.45) is 5.73 Å². The number of hydrogen-bond donors (Lipinski definition) is 2. The first kappa shape index (κ1) is 15.0. The normalized spacial score (nSPS) is 18.7. The lowest BCUT2D eigenvalue weighted by molar-refractivity contribution is 0.399. The summed E-state index contributed by atoms with van der Waals surface area (Å²) in [5.74, 6) is 0. The molecule has 1 fully saturated rings. The van der Waals surface area contributed by atoms with E-state index in [-0.39, 0.29) is 21.6 Å². The van der Waals surface area contributed by atoms with Crippen LogP contribution in [0, 0.1) is 0 Å². The summed E-state index contributed by atoms with van der Waals surface area (Å²) in [5.41, 5.74) is 5.17. The number of halogens is 2. The molecule has 2 rings (SSSR count). The smallest absolute Gasteiger partial charge is 0.242 e. The van der Waals surface area contributed by atoms with Crippen LogP contribution >= 0.6 is 23.2 Å². The number of rotatable bonds is 4. The maximum absolute atomic E-state index is 12.3. The number of nitrogens with one attached hydrogen (secondary N) is 1. The van der Waals surface area contributed by atoms with Crippen LogP contribution in [0.4, 0.5) is 0 Å². The Morgan fingerprint density at radius 3 is 2.53 bits per heavy atom. The molecule has 3 N–H and O–H groups in total. The van der Waals surface area contributed by atoms with E-state index < -0.39 is 15.6 Å². The molecular formula is C11H15Cl2N3O2S. The van der Waals surface area contributed by atoms with Crippen LogP contribution in [0.25, 0.3) is 0 Å². The van der Waals surface area contributed by atoms with Gasteiger partial charge in [-0.3, -0.25) is 0 Å². The van der Waals surface area contributed by atoms with E-state index >= 15 is 0 Å². The zero-order valence-corrected chi connectivity index (χ0v) is 12.5. The van der Waals surface area contributed by atoms with Crippen molar-refractivity contribution in [1.29, 1.82) is 0 Å². The topological polar surface area (TPSA) is 85.1 Å². The quantitative estimate of drug-likeness (QED) is 0.829. The second-order valence-electron chi connectivity index (χ2n) is 4.74. The highest BCUT2D eigenvalue weighted by Crippen LogP contribution is 2.31. The summed E-state index contributed by atoms with van der Waals surface area (Å²) in [6.07, 6.45) is 4.63. The molecule has 0 aromatic carbocycles. The van der Waals surface area contributed by atoms with E-state index in [1.807, 2.05) is 0 Å². The summed E-state index contributed by atoms with van der Waals surface area (Å²) in [6.45, 7) is 0.279. The fourth-order valence-electron chi connectivity index (χ4n) is 2.29. The summed E-state index contributed by atoms with van der Waals surface area (Å²) in [6, 6.07) is 1.29. The first-order valence-electron chi connectivity index (χ1n) is 5.94. The van der Waals surface area contributed by atoms with Gasteiger partial charge in [-0.25, -0.2) is 18.1 Å². The molecule has 106 valence electrons. The van der Waals surface area contributed by atoms with Gasteiger partial charge in [0.15, 0.2) is 0 Å². The molecule has 0 atom stereocenters. The van der Waals surface area contributed by atoms with E-state index in [0.717, 1.165) is 25.7 Å². The minimum absolute atomic E-state index is 0.00150. The fraction of sp³-hybridized carbons (Fsp3) is 0.545. The van der Waals surface area contributed by atoms with Crippen molar-refractivity contribution in [3.63, 3.8) is 0 Å². The average Bonchev–Trinajstić information content (AvgIpc) is 2.81. The van der Waals surface area contributed by atoms with Gasteiger partial charge in [0.1, 0.15) is 10.0 Å². The van der Waals surface area contributed by atoms with E-state index in [1.54, 1.807) is 0 Å². The van der Waals surface area contributed by atoms with Crippen LogP contribution in [0.3, 0.4) is 0 Å². The van der Waals surface area contributed by atoms with Gasteiger partial charge in [0.05, 0.1) is 5.02 Å². The molecule has 1 saturated carbocycles. The molecule has 1 aliphatic carbocycles. The van der Waals surface area contributed by atoms with Gasteiger partial charge >= 0.3 is 0 Å². The van der Waals surface area contributed by atoms with Crippen LogP contribution in [-0.2, 0) is 10.0 Å². The van der Waals surface area contributed by atoms with Gasteiger partial charge in [0.25, 0.3) is 0 Å². The number of aromatic nitrogens is 1. The van der Waals surface area contributed by atoms with Gasteiger partial charge in [0.2, 0.25) is 10.0 Å². The average molecular weight is 324 g/mol. The van der Waals surface area contributed by atoms with E-state index in [9.17, 15) is 8.42 Å². The highest BCUT2D eigenvalue weighted by atomic mass is 35.5. The van der Waals surface area contributed by atoms with Crippen LogP contribution in [0.15, 0.2) is 17.2 Å². The van der Waals surface area contributed by atoms with Gasteiger partial charge in [-0.15, -0.1) is 0 Å². The van der Waals surface area contributed by atoms with E-state index in [4.69, 9.17) is 28.9 Å². The molecule has 19 heavy (non-hydrogen) atoms. The predicted octanol–water partition coefficient (Wildman–Crippen LogP) is 1.94. The zero-order chi connectivity index (χ0) is 14.1. The van der Waals surface area contributed by atoms with Gasteiger partial charge in [-0.05, 0) is 18.9 Å². The number of nitrogens with zero attached hydrogens (tertiary/aromatic N) is 1. The molecule has 0 bridgehead atoms. The lowest BCUT2D eigenvalue weighted by Crippen LogP contribution is -2.51. The van der Waals surface area contributed by atoms with Crippen molar-refractivity contribution in [2.45, 2.75) is 36.1 Å². The molecular weight excluding hydrogens is 309 g/mol. The Morgan fingerprint density at radius 1 is 1.37 bits per heavy atom. The molecule has 1 aromatic rings. The summed E-state index contributed by atoms with van der Waals surface area (Å²) < 4.78 is 27.3. The highest BCUT2D eigenvalue weighted by Gasteiger charge is 2.37. The third-order valence-corrected chi connectivity index (χ3v) is 5.62. The second kappa shape index (κ2) is 5.54. The largest absolute Gasteiger partial charge is 0.329 e. The summed E-state index contributed by atoms with van der Waals surface area (Å²) in [7, 11) is -3.69. The van der Waals surface area contributed by atoms with Crippen molar-refractivity contribution >= 4 is 33.2 Å². The Balaban J connectivity index is 2.29. The summed E-state index contributed by atoms with van der Waals surface area (Å²) in [5, 5.41) is 0.188. The number of nitrogens with two attached hydrogens (primary N) is 1. The van der Waals surface area contributed by atoms with E-state index in [1.165, 1.54) is 12.3 Å². The third-order valence-electron chi connectivity index (χ3n) is 3.38. The molecule has 8 heteroatoms. The van der Waals surface area contributed by atoms with Crippen molar-refractivity contribution in [3.05, 3.63) is 22.4 Å². The lowest BCUT2D eigenvalue weighted by Gasteiger charge is -2.28. The number of pyridine rings is 1. The predicted molar refractivity (Wildman–Crippen MR) is 74.8 cm³/mol. The van der Waals surface area contributed by atoms with Crippen LogP contribution < -0.4 is 10.5 Å². The number of hydrogen-bond acceptors (Lipinski definition) is 4. The Morgan fingerprint density at radius 2 is 2.00 bits per heavy atom. The van der Waals surface area contributed by atoms with Crippen LogP contribution in [0.5, 0.6) is 0 Å². The van der Waals surface area contributed by atoms with Crippen LogP contribution in [0.1, 0.15) is 25.7 Å². The van der Waals surface area contributed by atoms with Gasteiger partial charge in [0, 0.05) is 18.3 Å². The maximum atomic E-state index is 12.3. The summed E-state index contributed by atoms with van der Waals surface area (Å²) >= 11 is 11.5. The molecule has 0 spiro atoms. The first-order chi connectivity index (χ1) is 8.88. The van der Waals surface area contributed by atoms with Gasteiger partial charge in [-0.2, -0.15) is 0 Å². The minimum atomic E-state index is -3.69. The van der Waals surface area contributed by atoms with Crippen LogP contribution in [-0.4, -0.2) is 25.5 Å². The van der Waals surface area contributed by atoms with Crippen molar-refractivity contribution in [2.75, 3.05) is 6.54 Å². The SMILES string of the molecule is NCC1(NS(=O)(=O)c2cnc(Cl)c(Cl)c2)CCCC1. The van der Waals surface area contributed by atoms with E-state index in [0.29, 0.717) is 0 Å². The Kier molecular flexibility index (Phi) is 4.37. The lowest BCUT2D eigenvalue weighted by atomic mass is 10.0. The third kappa shape index (κ3) is 3.20. The molecule has 0 saturated heterocycles. The molecule has 1 heterocycles. The maximum Gasteiger partial charge on any atom is 0.242 e. The Hall–Kier alpha value is -0.400. The molecule has 5 nitrogen and oxygen atoms in total. The Labute approximate surface area is 122 Å². The van der Waals surface area contributed by atoms with E-state index in [2.05, 4.69) is 9.71 Å². The zero-order valence-electron chi connectivity index (χ0n) is 10.2. The molecule has 0 amide bonds. The number of sulfonamides is 1. The summed E-state index contributed by atoms with van der Waals surface area (Å²) in [4.78, 5) is 3.75. The first-order valence-corrected chi connectivity index (χ1v) is 8.18. The Bertz CT molecular complexity index is 571. The van der Waals surface area contributed by atoms with Crippen molar-refractivity contribution < 1.29 is 8.42 Å². The molecule has 0 radical (unpaired) electrons. The highest BCUT2D eigenvalue weighted by molar-refractivity contribution is 7.89. The molecule has 0 aliphatic heterocycles. The van der Waals surface area contributed by atoms with Crippen molar-refractivity contribution in [1.82, 2.24) is 9.71 Å². The van der Waals surface area contributed by atoms with Gasteiger partial charge < -0.3 is 5.73 Å². The molecule has 0 unspecified atom stereocenters. The van der Waals surface area contributed by atoms with Crippen LogP contribution in [0.2, 0.25) is 10.2 Å². The molecule has 1 aromatic heterocycles. The second-order valence-corrected chi connectivity index (χ2v) is 7.19. The standard InChI is InChI=1S/C11H15Cl2N3O2S/c12-9-5-8(6-15-10(9)13)19(17,18)16-11(7-14)3-1-2-4-11/h5-6,16H,1-4,7,14H2.